The molecule has 9 heteroatoms. The zero-order valence-electron chi connectivity index (χ0n) is 24.9. The lowest BCUT2D eigenvalue weighted by Gasteiger charge is -2.33. The van der Waals surface area contributed by atoms with E-state index in [0.29, 0.717) is 23.5 Å². The van der Waals surface area contributed by atoms with E-state index >= 15 is 0 Å². The molecule has 7 nitrogen and oxygen atoms in total. The van der Waals surface area contributed by atoms with Gasteiger partial charge in [-0.25, -0.2) is 9.24 Å². The van der Waals surface area contributed by atoms with Crippen molar-refractivity contribution < 1.29 is 23.5 Å². The number of fused-ring (bicyclic) bond motifs is 2. The number of carbonyl (C=O) groups is 2. The van der Waals surface area contributed by atoms with E-state index in [1.54, 1.807) is 30.3 Å². The van der Waals surface area contributed by atoms with E-state index in [1.807, 2.05) is 56.3 Å². The fraction of sp³-hybridized carbons (Fsp3) is 0.286. The second kappa shape index (κ2) is 14.8. The molecule has 5 rings (SSSR count). The molecule has 1 amide bonds. The number of anilines is 1. The molecule has 0 fully saturated rings. The Balaban J connectivity index is 0.000000309. The van der Waals surface area contributed by atoms with E-state index in [9.17, 15) is 14.0 Å². The Morgan fingerprint density at radius 2 is 1.64 bits per heavy atom. The number of carbonyl (C=O) groups excluding carboxylic acids is 2. The minimum atomic E-state index is -0.745. The third-order valence-electron chi connectivity index (χ3n) is 7.16. The molecule has 1 heterocycles. The molecule has 0 bridgehead atoms. The molecular formula is C35H35BrFN3O4. The number of nitrogens with zero attached hydrogens (tertiary/aromatic N) is 1. The van der Waals surface area contributed by atoms with Gasteiger partial charge in [0, 0.05) is 16.6 Å². The van der Waals surface area contributed by atoms with Crippen molar-refractivity contribution >= 4 is 39.0 Å². The molecule has 0 saturated heterocycles. The molecule has 1 aliphatic carbocycles. The number of hydrogen-bond donors (Lipinski definition) is 2. The molecule has 0 spiro atoms. The largest absolute Gasteiger partial charge is 0.494 e. The molecule has 3 aromatic rings. The number of ketones is 1. The maximum absolute atomic E-state index is 14.9. The number of alkyl halides is 1. The smallest absolute Gasteiger partial charge is 0.254 e. The minimum Gasteiger partial charge on any atom is -0.494 e. The van der Waals surface area contributed by atoms with Crippen LogP contribution in [-0.4, -0.2) is 36.3 Å². The summed E-state index contributed by atoms with van der Waals surface area (Å²) in [4.78, 5) is 29.1. The van der Waals surface area contributed by atoms with Gasteiger partial charge < -0.3 is 20.1 Å². The summed E-state index contributed by atoms with van der Waals surface area (Å²) in [6, 6.07) is 21.2. The summed E-state index contributed by atoms with van der Waals surface area (Å²) in [6.45, 7) is 13.8. The van der Waals surface area contributed by atoms with Gasteiger partial charge in [0.15, 0.2) is 11.5 Å². The molecular weight excluding hydrogens is 625 g/mol. The maximum Gasteiger partial charge on any atom is 0.254 e. The third-order valence-corrected chi connectivity index (χ3v) is 7.49. The molecule has 0 saturated carbocycles. The average molecular weight is 661 g/mol. The third kappa shape index (κ3) is 7.94. The predicted molar refractivity (Wildman–Crippen MR) is 174 cm³/mol. The van der Waals surface area contributed by atoms with Crippen LogP contribution in [0.15, 0.2) is 96.3 Å². The first-order valence-corrected chi connectivity index (χ1v) is 15.5. The molecule has 2 atom stereocenters. The zero-order chi connectivity index (χ0) is 31.7. The van der Waals surface area contributed by atoms with Gasteiger partial charge in [0.1, 0.15) is 17.3 Å². The summed E-state index contributed by atoms with van der Waals surface area (Å²) in [6.07, 6.45) is 3.76. The second-order valence-corrected chi connectivity index (χ2v) is 11.6. The van der Waals surface area contributed by atoms with Gasteiger partial charge in [-0.1, -0.05) is 59.3 Å². The van der Waals surface area contributed by atoms with Crippen LogP contribution >= 0.6 is 15.9 Å². The number of halogens is 2. The number of hydrogen-bond acceptors (Lipinski definition) is 5. The van der Waals surface area contributed by atoms with Crippen LogP contribution in [0.4, 0.5) is 15.8 Å². The monoisotopic (exact) mass is 659 g/mol. The molecule has 228 valence electrons. The predicted octanol–water partition coefficient (Wildman–Crippen LogP) is 7.92. The van der Waals surface area contributed by atoms with Gasteiger partial charge in [0.2, 0.25) is 0 Å². The summed E-state index contributed by atoms with van der Waals surface area (Å²) in [5, 5.41) is 6.89. The Hall–Kier alpha value is -4.42. The van der Waals surface area contributed by atoms with E-state index in [-0.39, 0.29) is 11.4 Å². The quantitative estimate of drug-likeness (QED) is 0.180. The Bertz CT molecular complexity index is 1580. The van der Waals surface area contributed by atoms with E-state index in [0.717, 1.165) is 35.4 Å². The number of Topliss-reactive ketones (excluding diaryl/α,β-unsaturated/α-hetero) is 1. The van der Waals surface area contributed by atoms with Crippen LogP contribution < -0.4 is 20.1 Å². The number of ether oxygens (including phenoxy) is 2. The van der Waals surface area contributed by atoms with Crippen molar-refractivity contribution in [3.05, 3.63) is 119 Å². The minimum absolute atomic E-state index is 0.0729. The van der Waals surface area contributed by atoms with Crippen molar-refractivity contribution in [3.63, 3.8) is 0 Å². The SMILES string of the molecule is CC(C)(NC(=O)C1=CC2Nc3ccccc3C(=O)C2C=C1F)c1ccc(OCCBr)cc1.[C-]#[N+]c1ccc(OCCC)cc1. The molecule has 0 radical (unpaired) electrons. The second-order valence-electron chi connectivity index (χ2n) is 10.8. The lowest BCUT2D eigenvalue weighted by atomic mass is 9.81. The van der Waals surface area contributed by atoms with Crippen molar-refractivity contribution in [1.29, 1.82) is 0 Å². The van der Waals surface area contributed by atoms with Crippen molar-refractivity contribution in [2.24, 2.45) is 5.92 Å². The molecule has 2 unspecified atom stereocenters. The van der Waals surface area contributed by atoms with E-state index < -0.39 is 29.2 Å². The van der Waals surface area contributed by atoms with Crippen LogP contribution in [0.3, 0.4) is 0 Å². The van der Waals surface area contributed by atoms with Gasteiger partial charge in [0.05, 0.1) is 42.9 Å². The Morgan fingerprint density at radius 1 is 1.00 bits per heavy atom. The van der Waals surface area contributed by atoms with Gasteiger partial charge in [-0.15, -0.1) is 0 Å². The van der Waals surface area contributed by atoms with Crippen LogP contribution in [0, 0.1) is 12.5 Å². The van der Waals surface area contributed by atoms with Crippen LogP contribution in [0.25, 0.3) is 4.85 Å². The first-order valence-electron chi connectivity index (χ1n) is 14.4. The highest BCUT2D eigenvalue weighted by molar-refractivity contribution is 9.09. The number of amides is 1. The summed E-state index contributed by atoms with van der Waals surface area (Å²) in [7, 11) is 0. The van der Waals surface area contributed by atoms with Crippen molar-refractivity contribution in [3.8, 4) is 11.5 Å². The average Bonchev–Trinajstić information content (AvgIpc) is 3.03. The first kappa shape index (κ1) is 32.5. The van der Waals surface area contributed by atoms with E-state index in [1.165, 1.54) is 12.2 Å². The summed E-state index contributed by atoms with van der Waals surface area (Å²) >= 11 is 3.32. The molecule has 1 aliphatic heterocycles. The summed E-state index contributed by atoms with van der Waals surface area (Å²) in [5.41, 5.74) is 1.91. The number of para-hydroxylation sites is 1. The summed E-state index contributed by atoms with van der Waals surface area (Å²) in [5.74, 6) is -0.482. The van der Waals surface area contributed by atoms with Crippen LogP contribution in [0.1, 0.15) is 43.1 Å². The molecule has 2 aliphatic rings. The maximum atomic E-state index is 14.9. The van der Waals surface area contributed by atoms with Gasteiger partial charge >= 0.3 is 0 Å². The highest BCUT2D eigenvalue weighted by Crippen LogP contribution is 2.35. The molecule has 3 aromatic carbocycles. The van der Waals surface area contributed by atoms with Gasteiger partial charge in [-0.05, 0) is 74.4 Å². The van der Waals surface area contributed by atoms with Crippen molar-refractivity contribution in [1.82, 2.24) is 5.32 Å². The number of rotatable bonds is 9. The highest BCUT2D eigenvalue weighted by atomic mass is 79.9. The molecule has 0 aromatic heterocycles. The molecule has 2 N–H and O–H groups in total. The van der Waals surface area contributed by atoms with Crippen molar-refractivity contribution in [2.75, 3.05) is 23.9 Å². The van der Waals surface area contributed by atoms with Crippen LogP contribution in [0.2, 0.25) is 0 Å². The van der Waals surface area contributed by atoms with E-state index in [4.69, 9.17) is 16.0 Å². The Labute approximate surface area is 266 Å². The normalized spacial score (nSPS) is 16.8. The number of benzene rings is 3. The van der Waals surface area contributed by atoms with Crippen LogP contribution in [-0.2, 0) is 10.3 Å². The lowest BCUT2D eigenvalue weighted by Crippen LogP contribution is -2.44. The lowest BCUT2D eigenvalue weighted by molar-refractivity contribution is -0.119. The molecule has 44 heavy (non-hydrogen) atoms. The Morgan fingerprint density at radius 3 is 2.27 bits per heavy atom. The Kier molecular flexibility index (Phi) is 11.0. The van der Waals surface area contributed by atoms with Gasteiger partial charge in [0.25, 0.3) is 5.91 Å². The highest BCUT2D eigenvalue weighted by Gasteiger charge is 2.38. The van der Waals surface area contributed by atoms with E-state index in [2.05, 4.69) is 38.3 Å². The zero-order valence-corrected chi connectivity index (χ0v) is 26.5. The van der Waals surface area contributed by atoms with Gasteiger partial charge in [-0.2, -0.15) is 0 Å². The topological polar surface area (TPSA) is 81.0 Å². The number of nitrogens with one attached hydrogen (secondary N) is 2. The standard InChI is InChI=1S/C25H24BrFN2O3.C10H11NO/c1-25(2,15-7-9-16(10-8-15)32-12-11-26)29-24(31)18-14-22-19(13-20(18)27)23(30)17-5-3-4-6-21(17)28-22;1-3-8-12-10-6-4-9(11-2)5-7-10/h3-10,13-14,19,22,28H,11-12H2,1-2H3,(H,29,31);4-7H,3,8H2,1H3. The fourth-order valence-corrected chi connectivity index (χ4v) is 5.00. The summed E-state index contributed by atoms with van der Waals surface area (Å²) < 4.78 is 25.8. The van der Waals surface area contributed by atoms with Gasteiger partial charge in [-0.3, -0.25) is 9.59 Å². The van der Waals surface area contributed by atoms with Crippen LogP contribution in [0.5, 0.6) is 11.5 Å². The van der Waals surface area contributed by atoms with Crippen molar-refractivity contribution in [2.45, 2.75) is 38.8 Å². The first-order chi connectivity index (χ1) is 21.2. The fourth-order valence-electron chi connectivity index (χ4n) is 4.84.